The van der Waals surface area contributed by atoms with Gasteiger partial charge in [-0.15, -0.1) is 0 Å². The molecule has 3 aromatic rings. The standard InChI is InChI=1S/C21H21N5O4/c1-2-29-21(28)16-7-3-4-8-17(16)23-18(27)13-26-11-15(12-26)20-24-19(25-30-20)14-6-5-9-22-10-14/h3-10,15H,2,11-13H2,1H3,(H,23,27). The van der Waals surface area contributed by atoms with Gasteiger partial charge < -0.3 is 14.6 Å². The molecule has 1 aromatic carbocycles. The predicted molar refractivity (Wildman–Crippen MR) is 108 cm³/mol. The highest BCUT2D eigenvalue weighted by atomic mass is 16.5. The minimum atomic E-state index is -0.460. The van der Waals surface area contributed by atoms with Gasteiger partial charge in [-0.05, 0) is 31.2 Å². The summed E-state index contributed by atoms with van der Waals surface area (Å²) in [5, 5.41) is 6.79. The van der Waals surface area contributed by atoms with Crippen LogP contribution in [0.3, 0.4) is 0 Å². The third-order valence-electron chi connectivity index (χ3n) is 4.73. The van der Waals surface area contributed by atoms with Crippen molar-refractivity contribution in [1.29, 1.82) is 0 Å². The van der Waals surface area contributed by atoms with Gasteiger partial charge in [0.2, 0.25) is 17.6 Å². The normalized spacial score (nSPS) is 14.2. The van der Waals surface area contributed by atoms with Gasteiger partial charge in [-0.25, -0.2) is 4.79 Å². The van der Waals surface area contributed by atoms with Crippen molar-refractivity contribution in [2.75, 3.05) is 31.6 Å². The van der Waals surface area contributed by atoms with E-state index in [-0.39, 0.29) is 25.0 Å². The first kappa shape index (κ1) is 19.7. The van der Waals surface area contributed by atoms with Crippen LogP contribution in [0.25, 0.3) is 11.4 Å². The van der Waals surface area contributed by atoms with Gasteiger partial charge in [-0.3, -0.25) is 14.7 Å². The number of nitrogens with one attached hydrogen (secondary N) is 1. The van der Waals surface area contributed by atoms with E-state index in [0.29, 0.717) is 36.1 Å². The van der Waals surface area contributed by atoms with Gasteiger partial charge in [0.1, 0.15) is 0 Å². The summed E-state index contributed by atoms with van der Waals surface area (Å²) in [5.41, 5.74) is 1.57. The van der Waals surface area contributed by atoms with Crippen molar-refractivity contribution in [3.63, 3.8) is 0 Å². The van der Waals surface area contributed by atoms with Crippen molar-refractivity contribution in [1.82, 2.24) is 20.0 Å². The number of hydrogen-bond acceptors (Lipinski definition) is 8. The van der Waals surface area contributed by atoms with Crippen LogP contribution in [0.1, 0.15) is 29.1 Å². The number of carbonyl (C=O) groups is 2. The molecular formula is C21H21N5O4. The second-order valence-corrected chi connectivity index (χ2v) is 6.90. The predicted octanol–water partition coefficient (Wildman–Crippen LogP) is 2.35. The number of esters is 1. The van der Waals surface area contributed by atoms with Gasteiger partial charge in [-0.2, -0.15) is 4.98 Å². The van der Waals surface area contributed by atoms with Crippen molar-refractivity contribution in [2.45, 2.75) is 12.8 Å². The van der Waals surface area contributed by atoms with Crippen LogP contribution in [0.2, 0.25) is 0 Å². The molecule has 9 nitrogen and oxygen atoms in total. The van der Waals surface area contributed by atoms with E-state index in [0.717, 1.165) is 5.56 Å². The first-order valence-electron chi connectivity index (χ1n) is 9.66. The summed E-state index contributed by atoms with van der Waals surface area (Å²) in [6.45, 7) is 3.50. The molecule has 0 unspecified atom stereocenters. The number of carbonyl (C=O) groups excluding carboxylic acids is 2. The number of pyridine rings is 1. The first-order chi connectivity index (χ1) is 14.6. The average molecular weight is 407 g/mol. The number of hydrogen-bond donors (Lipinski definition) is 1. The summed E-state index contributed by atoms with van der Waals surface area (Å²) in [5.74, 6) is 0.482. The largest absolute Gasteiger partial charge is 0.462 e. The third-order valence-corrected chi connectivity index (χ3v) is 4.73. The molecule has 1 aliphatic rings. The highest BCUT2D eigenvalue weighted by Gasteiger charge is 2.33. The van der Waals surface area contributed by atoms with E-state index in [1.54, 1.807) is 43.6 Å². The van der Waals surface area contributed by atoms with Crippen molar-refractivity contribution in [3.05, 3.63) is 60.2 Å². The molecule has 0 radical (unpaired) electrons. The second-order valence-electron chi connectivity index (χ2n) is 6.90. The molecule has 1 amide bonds. The number of aromatic nitrogens is 3. The van der Waals surface area contributed by atoms with Crippen LogP contribution in [0, 0.1) is 0 Å². The Bertz CT molecular complexity index is 1030. The Morgan fingerprint density at radius 2 is 2.07 bits per heavy atom. The monoisotopic (exact) mass is 407 g/mol. The lowest BCUT2D eigenvalue weighted by Gasteiger charge is -2.36. The highest BCUT2D eigenvalue weighted by molar-refractivity contribution is 6.01. The average Bonchev–Trinajstić information content (AvgIpc) is 3.21. The van der Waals surface area contributed by atoms with Crippen molar-refractivity contribution in [3.8, 4) is 11.4 Å². The number of amides is 1. The molecule has 0 aliphatic carbocycles. The number of likely N-dealkylation sites (tertiary alicyclic amines) is 1. The van der Waals surface area contributed by atoms with Crippen LogP contribution in [0.15, 0.2) is 53.3 Å². The molecule has 30 heavy (non-hydrogen) atoms. The Hall–Kier alpha value is -3.59. The highest BCUT2D eigenvalue weighted by Crippen LogP contribution is 2.27. The zero-order chi connectivity index (χ0) is 20.9. The quantitative estimate of drug-likeness (QED) is 0.594. The van der Waals surface area contributed by atoms with E-state index in [2.05, 4.69) is 20.4 Å². The Kier molecular flexibility index (Phi) is 5.80. The molecule has 0 saturated carbocycles. The Morgan fingerprint density at radius 1 is 1.23 bits per heavy atom. The molecule has 0 spiro atoms. The lowest BCUT2D eigenvalue weighted by Crippen LogP contribution is -2.48. The van der Waals surface area contributed by atoms with Crippen LogP contribution in [0.5, 0.6) is 0 Å². The number of nitrogens with zero attached hydrogens (tertiary/aromatic N) is 4. The molecule has 9 heteroatoms. The maximum absolute atomic E-state index is 12.4. The van der Waals surface area contributed by atoms with Gasteiger partial charge in [-0.1, -0.05) is 17.3 Å². The van der Waals surface area contributed by atoms with Crippen molar-refractivity contribution in [2.24, 2.45) is 0 Å². The van der Waals surface area contributed by atoms with Crippen molar-refractivity contribution < 1.29 is 18.8 Å². The van der Waals surface area contributed by atoms with Crippen molar-refractivity contribution >= 4 is 17.6 Å². The molecule has 1 fully saturated rings. The van der Waals surface area contributed by atoms with Gasteiger partial charge >= 0.3 is 5.97 Å². The number of para-hydroxylation sites is 1. The maximum atomic E-state index is 12.4. The molecule has 2 aromatic heterocycles. The van der Waals surface area contributed by atoms with Gasteiger partial charge in [0.15, 0.2) is 0 Å². The molecular weight excluding hydrogens is 386 g/mol. The number of anilines is 1. The topological polar surface area (TPSA) is 110 Å². The molecule has 0 bridgehead atoms. The van der Waals surface area contributed by atoms with E-state index in [9.17, 15) is 9.59 Å². The van der Waals surface area contributed by atoms with Crippen LogP contribution in [-0.2, 0) is 9.53 Å². The summed E-state index contributed by atoms with van der Waals surface area (Å²) >= 11 is 0. The SMILES string of the molecule is CCOC(=O)c1ccccc1NC(=O)CN1CC(c2nc(-c3cccnc3)no2)C1. The lowest BCUT2D eigenvalue weighted by molar-refractivity contribution is -0.118. The zero-order valence-corrected chi connectivity index (χ0v) is 16.4. The van der Waals surface area contributed by atoms with Gasteiger partial charge in [0.25, 0.3) is 0 Å². The molecule has 154 valence electrons. The molecule has 0 atom stereocenters. The molecule has 3 heterocycles. The molecule has 1 aliphatic heterocycles. The van der Waals surface area contributed by atoms with E-state index < -0.39 is 5.97 Å². The van der Waals surface area contributed by atoms with E-state index in [4.69, 9.17) is 9.26 Å². The minimum Gasteiger partial charge on any atom is -0.462 e. The summed E-state index contributed by atoms with van der Waals surface area (Å²) in [7, 11) is 0. The van der Waals surface area contributed by atoms with Crippen LogP contribution in [0.4, 0.5) is 5.69 Å². The number of benzene rings is 1. The third kappa shape index (κ3) is 4.36. The molecule has 4 rings (SSSR count). The molecule has 1 saturated heterocycles. The fourth-order valence-corrected chi connectivity index (χ4v) is 3.24. The smallest absolute Gasteiger partial charge is 0.340 e. The zero-order valence-electron chi connectivity index (χ0n) is 16.4. The minimum absolute atomic E-state index is 0.0857. The molecule has 1 N–H and O–H groups in total. The van der Waals surface area contributed by atoms with E-state index in [1.165, 1.54) is 0 Å². The first-order valence-corrected chi connectivity index (χ1v) is 9.66. The van der Waals surface area contributed by atoms with Crippen LogP contribution < -0.4 is 5.32 Å². The maximum Gasteiger partial charge on any atom is 0.340 e. The fourth-order valence-electron chi connectivity index (χ4n) is 3.24. The number of ether oxygens (including phenoxy) is 1. The van der Waals surface area contributed by atoms with E-state index >= 15 is 0 Å². The van der Waals surface area contributed by atoms with Crippen LogP contribution in [-0.4, -0.2) is 58.1 Å². The van der Waals surface area contributed by atoms with E-state index in [1.807, 2.05) is 17.0 Å². The fraction of sp³-hybridized carbons (Fsp3) is 0.286. The van der Waals surface area contributed by atoms with Crippen LogP contribution >= 0.6 is 0 Å². The Morgan fingerprint density at radius 3 is 2.83 bits per heavy atom. The Labute approximate surface area is 173 Å². The summed E-state index contributed by atoms with van der Waals surface area (Å²) < 4.78 is 10.4. The summed E-state index contributed by atoms with van der Waals surface area (Å²) in [6, 6.07) is 10.5. The van der Waals surface area contributed by atoms with Gasteiger partial charge in [0.05, 0.1) is 30.3 Å². The summed E-state index contributed by atoms with van der Waals surface area (Å²) in [6.07, 6.45) is 3.37. The number of rotatable bonds is 7. The second kappa shape index (κ2) is 8.83. The van der Waals surface area contributed by atoms with Gasteiger partial charge in [0, 0.05) is 31.0 Å². The lowest BCUT2D eigenvalue weighted by atomic mass is 10.0. The Balaban J connectivity index is 1.30. The summed E-state index contributed by atoms with van der Waals surface area (Å²) in [4.78, 5) is 34.9.